The molecule has 0 spiro atoms. The minimum Gasteiger partial charge on any atom is -0.465 e. The third kappa shape index (κ3) is 9.52. The lowest BCUT2D eigenvalue weighted by Gasteiger charge is -2.29. The van der Waals surface area contributed by atoms with Crippen molar-refractivity contribution in [2.45, 2.75) is 81.6 Å². The number of carbonyl (C=O) groups excluding carboxylic acids is 6. The summed E-state index contributed by atoms with van der Waals surface area (Å²) in [5, 5.41) is 2.68. The van der Waals surface area contributed by atoms with E-state index in [0.29, 0.717) is 0 Å². The first kappa shape index (κ1) is 36.7. The first-order valence-electron chi connectivity index (χ1n) is 13.9. The Bertz CT molecular complexity index is 1100. The zero-order valence-electron chi connectivity index (χ0n) is 25.7. The molecule has 0 aromatic rings. The van der Waals surface area contributed by atoms with Gasteiger partial charge in [-0.15, -0.1) is 0 Å². The fraction of sp³-hybridized carbons (Fsp3) is 0.724. The highest BCUT2D eigenvalue weighted by molar-refractivity contribution is 9.10. The van der Waals surface area contributed by atoms with Gasteiger partial charge in [-0.05, 0) is 48.5 Å². The van der Waals surface area contributed by atoms with Crippen molar-refractivity contribution in [2.24, 2.45) is 17.3 Å². The van der Waals surface area contributed by atoms with Crippen molar-refractivity contribution in [3.63, 3.8) is 0 Å². The maximum atomic E-state index is 12.9. The lowest BCUT2D eigenvalue weighted by Crippen LogP contribution is -2.46. The Hall–Kier alpha value is -2.45. The third-order valence-electron chi connectivity index (χ3n) is 7.19. The van der Waals surface area contributed by atoms with Crippen LogP contribution in [0.5, 0.6) is 0 Å². The van der Waals surface area contributed by atoms with E-state index in [1.54, 1.807) is 39.8 Å². The van der Waals surface area contributed by atoms with Gasteiger partial charge in [-0.25, -0.2) is 0 Å². The van der Waals surface area contributed by atoms with E-state index in [1.807, 2.05) is 0 Å². The average molecular weight is 693 g/mol. The molecule has 2 rings (SSSR count). The molecule has 0 saturated carbocycles. The van der Waals surface area contributed by atoms with Crippen LogP contribution in [0.4, 0.5) is 0 Å². The van der Waals surface area contributed by atoms with Crippen LogP contribution in [0.15, 0.2) is 12.2 Å². The Morgan fingerprint density at radius 2 is 1.47 bits per heavy atom. The third-order valence-corrected chi connectivity index (χ3v) is 7.69. The predicted molar refractivity (Wildman–Crippen MR) is 160 cm³/mol. The fourth-order valence-corrected chi connectivity index (χ4v) is 4.73. The number of hydrogen-bond acceptors (Lipinski definition) is 12. The van der Waals surface area contributed by atoms with Gasteiger partial charge >= 0.3 is 23.9 Å². The Morgan fingerprint density at radius 1 is 0.907 bits per heavy atom. The molecule has 12 nitrogen and oxygen atoms in total. The molecule has 0 radical (unpaired) electrons. The highest BCUT2D eigenvalue weighted by Gasteiger charge is 2.62. The number of esters is 4. The van der Waals surface area contributed by atoms with E-state index in [2.05, 4.69) is 33.9 Å². The lowest BCUT2D eigenvalue weighted by molar-refractivity contribution is -0.171. The maximum Gasteiger partial charge on any atom is 0.322 e. The molecule has 2 aliphatic rings. The summed E-state index contributed by atoms with van der Waals surface area (Å²) in [4.78, 5) is 73.9. The molecule has 1 fully saturated rings. The van der Waals surface area contributed by atoms with Crippen molar-refractivity contribution < 1.29 is 52.5 Å². The molecule has 1 amide bonds. The van der Waals surface area contributed by atoms with Gasteiger partial charge in [-0.2, -0.15) is 12.6 Å². The first-order chi connectivity index (χ1) is 19.7. The Labute approximate surface area is 265 Å². The smallest absolute Gasteiger partial charge is 0.322 e. The molecule has 2 heterocycles. The number of fused-ring (bicyclic) bond motifs is 2. The molecule has 5 atom stereocenters. The van der Waals surface area contributed by atoms with Gasteiger partial charge in [0.1, 0.15) is 34.0 Å². The van der Waals surface area contributed by atoms with E-state index >= 15 is 0 Å². The van der Waals surface area contributed by atoms with Crippen LogP contribution in [0, 0.1) is 17.3 Å². The fourth-order valence-electron chi connectivity index (χ4n) is 4.55. The number of ether oxygens (including phenoxy) is 5. The molecule has 2 bridgehead atoms. The molecule has 14 heteroatoms. The number of amides is 1. The monoisotopic (exact) mass is 691 g/mol. The zero-order chi connectivity index (χ0) is 32.9. The molecular weight excluding hydrogens is 650 g/mol. The van der Waals surface area contributed by atoms with Crippen LogP contribution in [0.3, 0.4) is 0 Å². The second kappa shape index (κ2) is 14.1. The molecule has 3 unspecified atom stereocenters. The second-order valence-corrected chi connectivity index (χ2v) is 15.5. The summed E-state index contributed by atoms with van der Waals surface area (Å²) in [5.74, 6) is -4.37. The van der Waals surface area contributed by atoms with Crippen molar-refractivity contribution in [1.29, 1.82) is 0 Å². The van der Waals surface area contributed by atoms with E-state index in [-0.39, 0.29) is 38.5 Å². The normalized spacial score (nSPS) is 25.8. The summed E-state index contributed by atoms with van der Waals surface area (Å²) in [6.07, 6.45) is 4.38. The number of rotatable bonds is 16. The molecule has 1 N–H and O–H groups in total. The van der Waals surface area contributed by atoms with E-state index in [1.165, 1.54) is 20.8 Å². The lowest BCUT2D eigenvalue weighted by atomic mass is 9.72. The van der Waals surface area contributed by atoms with Crippen LogP contribution in [-0.2, 0) is 52.5 Å². The van der Waals surface area contributed by atoms with Crippen molar-refractivity contribution in [2.75, 3.05) is 33.0 Å². The number of nitrogens with one attached hydrogen (secondary N) is 1. The summed E-state index contributed by atoms with van der Waals surface area (Å²) in [6, 6.07) is 0. The Kier molecular flexibility index (Phi) is 12.1. The number of thiol groups is 1. The molecule has 43 heavy (non-hydrogen) atoms. The highest BCUT2D eigenvalue weighted by Crippen LogP contribution is 2.52. The van der Waals surface area contributed by atoms with E-state index < -0.39 is 74.6 Å². The van der Waals surface area contributed by atoms with Crippen LogP contribution in [-0.4, -0.2) is 89.3 Å². The Morgan fingerprint density at radius 3 is 2.02 bits per heavy atom. The van der Waals surface area contributed by atoms with E-state index in [4.69, 9.17) is 23.7 Å². The Balaban J connectivity index is 1.77. The summed E-state index contributed by atoms with van der Waals surface area (Å²) >= 11 is 7.35. The predicted octanol–water partition coefficient (Wildman–Crippen LogP) is 2.49. The number of alkyl halides is 1. The van der Waals surface area contributed by atoms with Crippen LogP contribution in [0.25, 0.3) is 0 Å². The van der Waals surface area contributed by atoms with Crippen molar-refractivity contribution in [3.05, 3.63) is 12.2 Å². The summed E-state index contributed by atoms with van der Waals surface area (Å²) in [7, 11) is 0. The second-order valence-electron chi connectivity index (χ2n) is 12.4. The van der Waals surface area contributed by atoms with Gasteiger partial charge < -0.3 is 33.8 Å². The van der Waals surface area contributed by atoms with Gasteiger partial charge in [0.2, 0.25) is 5.91 Å². The largest absolute Gasteiger partial charge is 0.465 e. The van der Waals surface area contributed by atoms with Crippen molar-refractivity contribution in [3.8, 4) is 0 Å². The molecular formula is C29H42BrNO11S. The van der Waals surface area contributed by atoms with Gasteiger partial charge in [0.15, 0.2) is 0 Å². The molecule has 1 saturated heterocycles. The molecule has 2 aliphatic heterocycles. The van der Waals surface area contributed by atoms with Gasteiger partial charge in [0, 0.05) is 13.0 Å². The van der Waals surface area contributed by atoms with Crippen molar-refractivity contribution in [1.82, 2.24) is 5.32 Å². The van der Waals surface area contributed by atoms with Crippen molar-refractivity contribution >= 4 is 64.6 Å². The van der Waals surface area contributed by atoms with E-state index in [9.17, 15) is 28.8 Å². The van der Waals surface area contributed by atoms with Gasteiger partial charge in [0.25, 0.3) is 0 Å². The topological polar surface area (TPSA) is 161 Å². The van der Waals surface area contributed by atoms with Gasteiger partial charge in [0.05, 0.1) is 42.7 Å². The molecule has 0 aromatic carbocycles. The van der Waals surface area contributed by atoms with Gasteiger partial charge in [-0.3, -0.25) is 24.0 Å². The highest BCUT2D eigenvalue weighted by atomic mass is 79.9. The molecule has 242 valence electrons. The number of aldehydes is 1. The SMILES string of the molecule is CC(C)(S)C(=O)OCC(C)(COC(=O)C(C)(C)Br)C(=O)OCCCOC(=O)CCNC(=O)[C@@H]1[C@H](C=O)C2(C)C=CC1(C)O2. The number of halogens is 1. The maximum absolute atomic E-state index is 12.9. The minimum absolute atomic E-state index is 0.00926. The van der Waals surface area contributed by atoms with Gasteiger partial charge in [-0.1, -0.05) is 28.1 Å². The number of carbonyl (C=O) groups is 6. The summed E-state index contributed by atoms with van der Waals surface area (Å²) < 4.78 is 24.8. The first-order valence-corrected chi connectivity index (χ1v) is 15.1. The standard InChI is InChI=1S/C29H42BrNO11S/c1-25(2,30)22(35)40-16-27(5,17-41-23(36)26(3,4)43)24(37)39-14-8-13-38-19(33)9-12-31-21(34)20-18(15-32)28(6)10-11-29(20,7)42-28/h10-11,15,18,20,43H,8-9,12-14,16-17H2,1-7H3,(H,31,34)/t18-,20-,27?,28?,29?/m0/s1. The average Bonchev–Trinajstić information content (AvgIpc) is 3.34. The molecule has 0 aliphatic carbocycles. The number of hydrogen-bond donors (Lipinski definition) is 2. The van der Waals surface area contributed by atoms with Crippen LogP contribution in [0.1, 0.15) is 61.3 Å². The van der Waals surface area contributed by atoms with E-state index in [0.717, 1.165) is 6.29 Å². The zero-order valence-corrected chi connectivity index (χ0v) is 28.1. The van der Waals surface area contributed by atoms with Crippen LogP contribution >= 0.6 is 28.6 Å². The van der Waals surface area contributed by atoms with Crippen LogP contribution < -0.4 is 5.32 Å². The summed E-state index contributed by atoms with van der Waals surface area (Å²) in [5.41, 5.74) is -3.23. The molecule has 0 aromatic heterocycles. The summed E-state index contributed by atoms with van der Waals surface area (Å²) in [6.45, 7) is 10.2. The quantitative estimate of drug-likeness (QED) is 0.0466. The minimum atomic E-state index is -1.51. The van der Waals surface area contributed by atoms with Crippen LogP contribution in [0.2, 0.25) is 0 Å².